The van der Waals surface area contributed by atoms with E-state index in [4.69, 9.17) is 9.15 Å². The molecule has 0 unspecified atom stereocenters. The van der Waals surface area contributed by atoms with E-state index in [-0.39, 0.29) is 5.69 Å². The van der Waals surface area contributed by atoms with Crippen LogP contribution in [-0.4, -0.2) is 13.0 Å². The van der Waals surface area contributed by atoms with Crippen molar-refractivity contribution in [3.05, 3.63) is 89.7 Å². The first kappa shape index (κ1) is 21.3. The van der Waals surface area contributed by atoms with Gasteiger partial charge in [-0.15, -0.1) is 0 Å². The number of benzene rings is 3. The van der Waals surface area contributed by atoms with Crippen LogP contribution in [0.15, 0.2) is 71.4 Å². The second kappa shape index (κ2) is 8.67. The number of anilines is 1. The normalized spacial score (nSPS) is 11.6. The third-order valence-electron chi connectivity index (χ3n) is 5.29. The Kier molecular flexibility index (Phi) is 5.77. The van der Waals surface area contributed by atoms with Crippen molar-refractivity contribution in [2.24, 2.45) is 0 Å². The number of amides is 1. The number of fused-ring (bicyclic) bond motifs is 1. The van der Waals surface area contributed by atoms with Crippen molar-refractivity contribution >= 4 is 28.1 Å². The summed E-state index contributed by atoms with van der Waals surface area (Å²) in [6.45, 7) is 3.64. The van der Waals surface area contributed by atoms with Gasteiger partial charge in [-0.3, -0.25) is 4.79 Å². The Bertz CT molecular complexity index is 1340. The van der Waals surface area contributed by atoms with Crippen LogP contribution in [0.4, 0.5) is 14.5 Å². The van der Waals surface area contributed by atoms with Gasteiger partial charge < -0.3 is 14.5 Å². The van der Waals surface area contributed by atoms with Crippen LogP contribution in [0.25, 0.3) is 27.7 Å². The Labute approximate surface area is 184 Å². The molecule has 1 aromatic heterocycles. The number of carbonyl (C=O) groups is 1. The molecule has 0 aliphatic rings. The number of nitrogens with one attached hydrogen (secondary N) is 1. The summed E-state index contributed by atoms with van der Waals surface area (Å²) in [6, 6.07) is 14.6. The molecule has 3 aromatic carbocycles. The number of halogens is 2. The van der Waals surface area contributed by atoms with Gasteiger partial charge in [-0.1, -0.05) is 30.3 Å². The highest BCUT2D eigenvalue weighted by Crippen LogP contribution is 2.40. The molecule has 4 rings (SSSR count). The fraction of sp³-hybridized carbons (Fsp3) is 0.115. The van der Waals surface area contributed by atoms with Crippen molar-refractivity contribution < 1.29 is 22.7 Å². The number of aryl methyl sites for hydroxylation is 1. The first-order valence-electron chi connectivity index (χ1n) is 9.98. The fourth-order valence-electron chi connectivity index (χ4n) is 3.75. The molecule has 0 saturated carbocycles. The maximum atomic E-state index is 13.9. The molecule has 6 heteroatoms. The summed E-state index contributed by atoms with van der Waals surface area (Å²) in [6.07, 6.45) is 3.03. The lowest BCUT2D eigenvalue weighted by Crippen LogP contribution is -2.10. The van der Waals surface area contributed by atoms with E-state index in [1.54, 1.807) is 20.3 Å². The van der Waals surface area contributed by atoms with E-state index >= 15 is 0 Å². The minimum atomic E-state index is -0.716. The van der Waals surface area contributed by atoms with Crippen molar-refractivity contribution in [3.63, 3.8) is 0 Å². The van der Waals surface area contributed by atoms with E-state index < -0.39 is 17.5 Å². The number of carbonyl (C=O) groups excluding carboxylic acids is 1. The summed E-state index contributed by atoms with van der Waals surface area (Å²) in [5.41, 5.74) is 4.50. The molecule has 32 heavy (non-hydrogen) atoms. The maximum Gasteiger partial charge on any atom is 0.248 e. The predicted molar refractivity (Wildman–Crippen MR) is 122 cm³/mol. The minimum absolute atomic E-state index is 0.223. The van der Waals surface area contributed by atoms with Crippen LogP contribution in [0.2, 0.25) is 0 Å². The van der Waals surface area contributed by atoms with Crippen molar-refractivity contribution in [1.82, 2.24) is 0 Å². The number of rotatable bonds is 5. The lowest BCUT2D eigenvalue weighted by molar-refractivity contribution is -0.111. The Morgan fingerprint density at radius 3 is 2.56 bits per heavy atom. The topological polar surface area (TPSA) is 51.5 Å². The summed E-state index contributed by atoms with van der Waals surface area (Å²) in [7, 11) is 1.55. The predicted octanol–water partition coefficient (Wildman–Crippen LogP) is 6.74. The number of ether oxygens (including phenoxy) is 1. The Morgan fingerprint density at radius 2 is 1.84 bits per heavy atom. The molecule has 1 amide bonds. The van der Waals surface area contributed by atoms with E-state index in [9.17, 15) is 13.6 Å². The molecule has 0 radical (unpaired) electrons. The number of hydrogen-bond donors (Lipinski definition) is 1. The standard InChI is InChI=1S/C26H21F2NO3/c1-15(11-24(30)29-23-12-18(27)9-10-22(23)28)19-13-20-21(17-7-5-4-6-8-17)14-32-26(20)16(2)25(19)31-3/h4-14H,1-3H3,(H,29,30)/b15-11+. The average Bonchev–Trinajstić information content (AvgIpc) is 3.21. The van der Waals surface area contributed by atoms with Crippen molar-refractivity contribution in [2.75, 3.05) is 12.4 Å². The maximum absolute atomic E-state index is 13.9. The van der Waals surface area contributed by atoms with Crippen molar-refractivity contribution in [1.29, 1.82) is 0 Å². The highest BCUT2D eigenvalue weighted by molar-refractivity contribution is 6.06. The van der Waals surface area contributed by atoms with Gasteiger partial charge in [-0.25, -0.2) is 8.78 Å². The summed E-state index contributed by atoms with van der Waals surface area (Å²) >= 11 is 0. The van der Waals surface area contributed by atoms with Gasteiger partial charge >= 0.3 is 0 Å². The molecule has 4 nitrogen and oxygen atoms in total. The molecule has 4 aromatic rings. The second-order valence-corrected chi connectivity index (χ2v) is 7.42. The molecule has 0 atom stereocenters. The third-order valence-corrected chi connectivity index (χ3v) is 5.29. The van der Waals surface area contributed by atoms with Gasteiger partial charge in [0.05, 0.1) is 19.1 Å². The molecule has 0 spiro atoms. The van der Waals surface area contributed by atoms with Crippen LogP contribution in [0, 0.1) is 18.6 Å². The van der Waals surface area contributed by atoms with Crippen LogP contribution in [0.1, 0.15) is 18.1 Å². The average molecular weight is 433 g/mol. The molecule has 1 N–H and O–H groups in total. The number of furan rings is 1. The fourth-order valence-corrected chi connectivity index (χ4v) is 3.75. The highest BCUT2D eigenvalue weighted by Gasteiger charge is 2.19. The first-order valence-corrected chi connectivity index (χ1v) is 9.98. The van der Waals surface area contributed by atoms with E-state index in [1.807, 2.05) is 43.3 Å². The number of hydrogen-bond acceptors (Lipinski definition) is 3. The van der Waals surface area contributed by atoms with Gasteiger partial charge in [0.2, 0.25) is 5.91 Å². The van der Waals surface area contributed by atoms with Crippen LogP contribution < -0.4 is 10.1 Å². The van der Waals surface area contributed by atoms with Gasteiger partial charge in [0.1, 0.15) is 23.0 Å². The molecule has 0 aliphatic carbocycles. The van der Waals surface area contributed by atoms with Crippen LogP contribution >= 0.6 is 0 Å². The van der Waals surface area contributed by atoms with Gasteiger partial charge in [0, 0.05) is 34.2 Å². The van der Waals surface area contributed by atoms with E-state index in [1.165, 1.54) is 6.08 Å². The zero-order chi connectivity index (χ0) is 22.8. The van der Waals surface area contributed by atoms with Crippen molar-refractivity contribution in [2.45, 2.75) is 13.8 Å². The zero-order valence-electron chi connectivity index (χ0n) is 17.8. The third kappa shape index (κ3) is 3.99. The molecule has 0 fully saturated rings. The molecular formula is C26H21F2NO3. The van der Waals surface area contributed by atoms with Crippen LogP contribution in [0.3, 0.4) is 0 Å². The largest absolute Gasteiger partial charge is 0.496 e. The quantitative estimate of drug-likeness (QED) is 0.355. The first-order chi connectivity index (χ1) is 15.4. The molecule has 0 aliphatic heterocycles. The van der Waals surface area contributed by atoms with E-state index in [0.717, 1.165) is 40.3 Å². The monoisotopic (exact) mass is 433 g/mol. The molecule has 0 saturated heterocycles. The summed E-state index contributed by atoms with van der Waals surface area (Å²) in [4.78, 5) is 12.5. The molecule has 162 valence electrons. The molecular weight excluding hydrogens is 412 g/mol. The van der Waals surface area contributed by atoms with Gasteiger partial charge in [-0.2, -0.15) is 0 Å². The smallest absolute Gasteiger partial charge is 0.248 e. The Morgan fingerprint density at radius 1 is 1.09 bits per heavy atom. The van der Waals surface area contributed by atoms with E-state index in [2.05, 4.69) is 5.32 Å². The van der Waals surface area contributed by atoms with Crippen LogP contribution in [-0.2, 0) is 4.79 Å². The number of methoxy groups -OCH3 is 1. The zero-order valence-corrected chi connectivity index (χ0v) is 17.8. The summed E-state index contributed by atoms with van der Waals surface area (Å²) in [5.74, 6) is -1.36. The summed E-state index contributed by atoms with van der Waals surface area (Å²) < 4.78 is 38.7. The minimum Gasteiger partial charge on any atom is -0.496 e. The Hall–Kier alpha value is -3.93. The SMILES string of the molecule is COc1c(/C(C)=C/C(=O)Nc2cc(F)ccc2F)cc2c(-c3ccccc3)coc2c1C. The van der Waals surface area contributed by atoms with Gasteiger partial charge in [0.25, 0.3) is 0 Å². The summed E-state index contributed by atoms with van der Waals surface area (Å²) in [5, 5.41) is 3.27. The molecule has 0 bridgehead atoms. The highest BCUT2D eigenvalue weighted by atomic mass is 19.1. The number of allylic oxidation sites excluding steroid dienone is 1. The second-order valence-electron chi connectivity index (χ2n) is 7.42. The van der Waals surface area contributed by atoms with Gasteiger partial charge in [0.15, 0.2) is 0 Å². The lowest BCUT2D eigenvalue weighted by Gasteiger charge is -2.13. The van der Waals surface area contributed by atoms with Crippen molar-refractivity contribution in [3.8, 4) is 16.9 Å². The van der Waals surface area contributed by atoms with Gasteiger partial charge in [-0.05, 0) is 43.2 Å². The Balaban J connectivity index is 1.76. The van der Waals surface area contributed by atoms with E-state index in [0.29, 0.717) is 22.5 Å². The lowest BCUT2D eigenvalue weighted by atomic mass is 9.96. The van der Waals surface area contributed by atoms with Crippen LogP contribution in [0.5, 0.6) is 5.75 Å². The molecule has 1 heterocycles.